The van der Waals surface area contributed by atoms with Gasteiger partial charge in [-0.1, -0.05) is 0 Å². The first kappa shape index (κ1) is 23.2. The van der Waals surface area contributed by atoms with Crippen LogP contribution in [0.4, 0.5) is 18.9 Å². The Labute approximate surface area is 199 Å². The number of carbonyl (C=O) groups is 1. The Hall–Kier alpha value is -1.44. The lowest BCUT2D eigenvalue weighted by atomic mass is 9.88. The quantitative estimate of drug-likeness (QED) is 0.386. The fourth-order valence-electron chi connectivity index (χ4n) is 3.63. The zero-order valence-corrected chi connectivity index (χ0v) is 20.5. The maximum Gasteiger partial charge on any atom is 0.471 e. The van der Waals surface area contributed by atoms with Crippen LogP contribution >= 0.6 is 45.2 Å². The minimum atomic E-state index is -4.95. The van der Waals surface area contributed by atoms with Crippen molar-refractivity contribution < 1.29 is 27.4 Å². The molecule has 0 radical (unpaired) electrons. The molecule has 5 nitrogen and oxygen atoms in total. The topological polar surface area (TPSA) is 64.8 Å². The number of rotatable bonds is 4. The first-order valence-corrected chi connectivity index (χ1v) is 11.1. The van der Waals surface area contributed by atoms with Gasteiger partial charge < -0.3 is 20.1 Å². The van der Waals surface area contributed by atoms with Gasteiger partial charge in [0.15, 0.2) is 11.5 Å². The second kappa shape index (κ2) is 8.97. The summed E-state index contributed by atoms with van der Waals surface area (Å²) < 4.78 is 52.2. The standard InChI is InChI=1S/C20H19F3I2N2O3/c1-29-16-8-11-3-4-27(19(28)20(21,22)23)15(12(11)9-17(16)30-2)7-10-5-13(24)18(26)14(25)6-10/h5-6,8-9,15H,3-4,7,26H2,1-2H3. The summed E-state index contributed by atoms with van der Waals surface area (Å²) >= 11 is 4.19. The lowest BCUT2D eigenvalue weighted by Gasteiger charge is -2.38. The predicted molar refractivity (Wildman–Crippen MR) is 124 cm³/mol. The van der Waals surface area contributed by atoms with Crippen LogP contribution in [0.3, 0.4) is 0 Å². The van der Waals surface area contributed by atoms with Crippen molar-refractivity contribution in [1.82, 2.24) is 4.90 Å². The minimum absolute atomic E-state index is 0.0331. The van der Waals surface area contributed by atoms with Gasteiger partial charge in [-0.25, -0.2) is 0 Å². The van der Waals surface area contributed by atoms with Gasteiger partial charge >= 0.3 is 12.1 Å². The van der Waals surface area contributed by atoms with Crippen molar-refractivity contribution in [2.45, 2.75) is 25.1 Å². The Bertz CT molecular complexity index is 959. The largest absolute Gasteiger partial charge is 0.493 e. The molecule has 0 fully saturated rings. The number of anilines is 1. The maximum absolute atomic E-state index is 13.3. The molecule has 162 valence electrons. The third kappa shape index (κ3) is 4.58. The van der Waals surface area contributed by atoms with Crippen LogP contribution in [0.25, 0.3) is 0 Å². The molecule has 0 saturated heterocycles. The number of amides is 1. The van der Waals surface area contributed by atoms with Crippen molar-refractivity contribution in [3.05, 3.63) is 48.1 Å². The number of nitrogens with two attached hydrogens (primary N) is 1. The molecular formula is C20H19F3I2N2O3. The van der Waals surface area contributed by atoms with E-state index in [4.69, 9.17) is 15.2 Å². The number of benzene rings is 2. The Morgan fingerprint density at radius 2 is 1.70 bits per heavy atom. The van der Waals surface area contributed by atoms with Crippen LogP contribution in [0, 0.1) is 7.14 Å². The molecule has 1 aliphatic heterocycles. The monoisotopic (exact) mass is 646 g/mol. The normalized spacial score (nSPS) is 16.2. The number of carbonyl (C=O) groups excluding carboxylic acids is 1. The zero-order valence-electron chi connectivity index (χ0n) is 16.1. The van der Waals surface area contributed by atoms with E-state index in [1.54, 1.807) is 12.1 Å². The van der Waals surface area contributed by atoms with Crippen molar-refractivity contribution in [2.75, 3.05) is 26.5 Å². The first-order chi connectivity index (χ1) is 14.1. The summed E-state index contributed by atoms with van der Waals surface area (Å²) in [6, 6.07) is 6.32. The summed E-state index contributed by atoms with van der Waals surface area (Å²) in [6.45, 7) is -0.0331. The molecule has 0 saturated carbocycles. The van der Waals surface area contributed by atoms with E-state index in [2.05, 4.69) is 45.2 Å². The molecular weight excluding hydrogens is 627 g/mol. The van der Waals surface area contributed by atoms with Crippen molar-refractivity contribution in [1.29, 1.82) is 0 Å². The molecule has 10 heteroatoms. The number of nitrogen functional groups attached to an aromatic ring is 1. The van der Waals surface area contributed by atoms with Gasteiger partial charge in [0.1, 0.15) is 0 Å². The van der Waals surface area contributed by atoms with Crippen LogP contribution in [0.2, 0.25) is 0 Å². The van der Waals surface area contributed by atoms with E-state index in [1.165, 1.54) is 14.2 Å². The number of halogens is 5. The Balaban J connectivity index is 2.11. The van der Waals surface area contributed by atoms with Gasteiger partial charge in [0.2, 0.25) is 0 Å². The molecule has 0 aromatic heterocycles. The molecule has 30 heavy (non-hydrogen) atoms. The fraction of sp³-hybridized carbons (Fsp3) is 0.350. The van der Waals surface area contributed by atoms with E-state index in [-0.39, 0.29) is 13.0 Å². The van der Waals surface area contributed by atoms with Crippen molar-refractivity contribution >= 4 is 56.8 Å². The number of hydrogen-bond acceptors (Lipinski definition) is 4. The lowest BCUT2D eigenvalue weighted by Crippen LogP contribution is -2.47. The Kier molecular flexibility index (Phi) is 6.94. The molecule has 3 rings (SSSR count). The number of fused-ring (bicyclic) bond motifs is 1. The third-order valence-electron chi connectivity index (χ3n) is 5.07. The van der Waals surface area contributed by atoms with Gasteiger partial charge in [-0.3, -0.25) is 4.79 Å². The number of alkyl halides is 3. The summed E-state index contributed by atoms with van der Waals surface area (Å²) in [5.74, 6) is -0.932. The second-order valence-electron chi connectivity index (χ2n) is 6.85. The first-order valence-electron chi connectivity index (χ1n) is 8.92. The number of nitrogens with zero attached hydrogens (tertiary/aromatic N) is 1. The molecule has 2 N–H and O–H groups in total. The molecule has 0 spiro atoms. The van der Waals surface area contributed by atoms with E-state index in [9.17, 15) is 18.0 Å². The summed E-state index contributed by atoms with van der Waals surface area (Å²) in [6.07, 6.45) is -4.43. The number of hydrogen-bond donors (Lipinski definition) is 1. The van der Waals surface area contributed by atoms with E-state index < -0.39 is 18.1 Å². The Morgan fingerprint density at radius 3 is 2.23 bits per heavy atom. The highest BCUT2D eigenvalue weighted by molar-refractivity contribution is 14.1. The summed E-state index contributed by atoms with van der Waals surface area (Å²) in [7, 11) is 2.97. The van der Waals surface area contributed by atoms with Crippen molar-refractivity contribution in [3.8, 4) is 11.5 Å². The Morgan fingerprint density at radius 1 is 1.13 bits per heavy atom. The van der Waals surface area contributed by atoms with Gasteiger partial charge in [0, 0.05) is 13.7 Å². The average molecular weight is 646 g/mol. The molecule has 1 atom stereocenters. The predicted octanol–water partition coefficient (Wildman–Crippen LogP) is 4.73. The van der Waals surface area contributed by atoms with Crippen LogP contribution < -0.4 is 15.2 Å². The summed E-state index contributed by atoms with van der Waals surface area (Å²) in [4.78, 5) is 13.1. The van der Waals surface area contributed by atoms with Gasteiger partial charge in [-0.05, 0) is 99.0 Å². The zero-order chi connectivity index (χ0) is 22.2. The fourth-order valence-corrected chi connectivity index (χ4v) is 5.53. The second-order valence-corrected chi connectivity index (χ2v) is 9.17. The van der Waals surface area contributed by atoms with Crippen LogP contribution in [0.5, 0.6) is 11.5 Å². The number of ether oxygens (including phenoxy) is 2. The van der Waals surface area contributed by atoms with Gasteiger partial charge in [0.05, 0.1) is 25.9 Å². The minimum Gasteiger partial charge on any atom is -0.493 e. The smallest absolute Gasteiger partial charge is 0.471 e. The average Bonchev–Trinajstić information content (AvgIpc) is 2.69. The molecule has 1 unspecified atom stereocenters. The van der Waals surface area contributed by atoms with Crippen LogP contribution in [0.1, 0.15) is 22.7 Å². The molecule has 2 aromatic carbocycles. The maximum atomic E-state index is 13.3. The van der Waals surface area contributed by atoms with Crippen molar-refractivity contribution in [2.24, 2.45) is 0 Å². The van der Waals surface area contributed by atoms with Crippen molar-refractivity contribution in [3.63, 3.8) is 0 Å². The highest BCUT2D eigenvalue weighted by Crippen LogP contribution is 2.41. The molecule has 0 bridgehead atoms. The van der Waals surface area contributed by atoms with E-state index in [0.717, 1.165) is 23.2 Å². The molecule has 1 amide bonds. The summed E-state index contributed by atoms with van der Waals surface area (Å²) in [5.41, 5.74) is 8.89. The van der Waals surface area contributed by atoms with E-state index >= 15 is 0 Å². The van der Waals surface area contributed by atoms with E-state index in [1.807, 2.05) is 12.1 Å². The van der Waals surface area contributed by atoms with Gasteiger partial charge in [-0.15, -0.1) is 0 Å². The molecule has 2 aromatic rings. The highest BCUT2D eigenvalue weighted by atomic mass is 127. The lowest BCUT2D eigenvalue weighted by molar-refractivity contribution is -0.188. The molecule has 1 heterocycles. The van der Waals surface area contributed by atoms with Gasteiger partial charge in [0.25, 0.3) is 0 Å². The SMILES string of the molecule is COc1cc2c(cc1OC)C(Cc1cc(I)c(N)c(I)c1)N(C(=O)C(F)(F)F)CC2. The van der Waals surface area contributed by atoms with Crippen LogP contribution in [0.15, 0.2) is 24.3 Å². The van der Waals surface area contributed by atoms with Crippen LogP contribution in [-0.2, 0) is 17.6 Å². The summed E-state index contributed by atoms with van der Waals surface area (Å²) in [5, 5.41) is 0. The van der Waals surface area contributed by atoms with E-state index in [0.29, 0.717) is 29.2 Å². The van der Waals surface area contributed by atoms with Gasteiger partial charge in [-0.2, -0.15) is 13.2 Å². The highest BCUT2D eigenvalue weighted by Gasteiger charge is 2.46. The third-order valence-corrected chi connectivity index (χ3v) is 6.86. The molecule has 0 aliphatic carbocycles. The number of methoxy groups -OCH3 is 2. The van der Waals surface area contributed by atoms with Crippen LogP contribution in [-0.4, -0.2) is 37.7 Å². The molecule has 1 aliphatic rings.